The maximum Gasteiger partial charge on any atom is 0.170 e. The van der Waals surface area contributed by atoms with Crippen LogP contribution in [0.5, 0.6) is 0 Å². The van der Waals surface area contributed by atoms with Crippen LogP contribution in [0.3, 0.4) is 0 Å². The number of benzene rings is 1. The number of hydrogen-bond acceptors (Lipinski definition) is 1. The van der Waals surface area contributed by atoms with E-state index in [1.165, 1.54) is 0 Å². The van der Waals surface area contributed by atoms with Crippen molar-refractivity contribution in [2.24, 2.45) is 0 Å². The first-order valence-corrected chi connectivity index (χ1v) is 5.25. The van der Waals surface area contributed by atoms with Crippen molar-refractivity contribution in [1.82, 2.24) is 5.32 Å². The van der Waals surface area contributed by atoms with Crippen molar-refractivity contribution in [2.45, 2.75) is 26.3 Å². The van der Waals surface area contributed by atoms with Crippen molar-refractivity contribution in [2.75, 3.05) is 5.32 Å². The van der Waals surface area contributed by atoms with E-state index in [1.807, 2.05) is 30.3 Å². The molecule has 0 saturated heterocycles. The molecule has 0 fully saturated rings. The van der Waals surface area contributed by atoms with Crippen molar-refractivity contribution in [1.29, 1.82) is 0 Å². The summed E-state index contributed by atoms with van der Waals surface area (Å²) in [6.45, 7) is 4.24. The van der Waals surface area contributed by atoms with Crippen molar-refractivity contribution < 1.29 is 0 Å². The summed E-state index contributed by atoms with van der Waals surface area (Å²) in [5.74, 6) is 0. The number of rotatable bonds is 3. The summed E-state index contributed by atoms with van der Waals surface area (Å²) >= 11 is 5.16. The smallest absolute Gasteiger partial charge is 0.170 e. The van der Waals surface area contributed by atoms with Gasteiger partial charge in [0.15, 0.2) is 5.11 Å². The SMILES string of the molecule is CC[C@H](C)NC(=S)Nc1ccccc1. The zero-order valence-electron chi connectivity index (χ0n) is 8.58. The van der Waals surface area contributed by atoms with Gasteiger partial charge in [0, 0.05) is 11.7 Å². The second kappa shape index (κ2) is 5.60. The first-order chi connectivity index (χ1) is 6.72. The lowest BCUT2D eigenvalue weighted by atomic mass is 10.3. The molecule has 1 aromatic carbocycles. The van der Waals surface area contributed by atoms with Crippen LogP contribution in [0.15, 0.2) is 30.3 Å². The van der Waals surface area contributed by atoms with Gasteiger partial charge in [-0.15, -0.1) is 0 Å². The molecular weight excluding hydrogens is 192 g/mol. The lowest BCUT2D eigenvalue weighted by Gasteiger charge is -2.15. The third kappa shape index (κ3) is 3.75. The molecule has 0 heterocycles. The van der Waals surface area contributed by atoms with Gasteiger partial charge in [-0.2, -0.15) is 0 Å². The number of thiocarbonyl (C=S) groups is 1. The standard InChI is InChI=1S/C11H16N2S/c1-3-9(2)12-11(14)13-10-7-5-4-6-8-10/h4-9H,3H2,1-2H3,(H2,12,13,14)/t9-/m0/s1. The van der Waals surface area contributed by atoms with Gasteiger partial charge in [0.05, 0.1) is 0 Å². The van der Waals surface area contributed by atoms with Gasteiger partial charge in [-0.1, -0.05) is 25.1 Å². The molecule has 1 atom stereocenters. The van der Waals surface area contributed by atoms with E-state index < -0.39 is 0 Å². The molecule has 2 N–H and O–H groups in total. The van der Waals surface area contributed by atoms with Crippen LogP contribution in [0.4, 0.5) is 5.69 Å². The molecule has 1 rings (SSSR count). The normalized spacial score (nSPS) is 11.9. The van der Waals surface area contributed by atoms with E-state index in [2.05, 4.69) is 24.5 Å². The van der Waals surface area contributed by atoms with E-state index in [4.69, 9.17) is 12.2 Å². The molecule has 14 heavy (non-hydrogen) atoms. The summed E-state index contributed by atoms with van der Waals surface area (Å²) in [5.41, 5.74) is 1.02. The molecule has 76 valence electrons. The number of hydrogen-bond donors (Lipinski definition) is 2. The van der Waals surface area contributed by atoms with Crippen molar-refractivity contribution >= 4 is 23.0 Å². The highest BCUT2D eigenvalue weighted by molar-refractivity contribution is 7.80. The first kappa shape index (κ1) is 11.0. The summed E-state index contributed by atoms with van der Waals surface area (Å²) in [5, 5.41) is 7.01. The summed E-state index contributed by atoms with van der Waals surface area (Å²) < 4.78 is 0. The first-order valence-electron chi connectivity index (χ1n) is 4.85. The Labute approximate surface area is 90.7 Å². The molecule has 0 aromatic heterocycles. The van der Waals surface area contributed by atoms with E-state index in [9.17, 15) is 0 Å². The van der Waals surface area contributed by atoms with Crippen molar-refractivity contribution in [3.05, 3.63) is 30.3 Å². The summed E-state index contributed by atoms with van der Waals surface area (Å²) in [4.78, 5) is 0. The average molecular weight is 208 g/mol. The van der Waals surface area contributed by atoms with E-state index in [0.29, 0.717) is 11.2 Å². The second-order valence-electron chi connectivity index (χ2n) is 3.27. The van der Waals surface area contributed by atoms with Crippen LogP contribution in [-0.2, 0) is 0 Å². The molecule has 0 aliphatic rings. The fourth-order valence-corrected chi connectivity index (χ4v) is 1.33. The monoisotopic (exact) mass is 208 g/mol. The highest BCUT2D eigenvalue weighted by atomic mass is 32.1. The summed E-state index contributed by atoms with van der Waals surface area (Å²) in [6.07, 6.45) is 1.07. The fourth-order valence-electron chi connectivity index (χ4n) is 1.01. The van der Waals surface area contributed by atoms with Crippen molar-refractivity contribution in [3.8, 4) is 0 Å². The predicted molar refractivity (Wildman–Crippen MR) is 65.6 cm³/mol. The Morgan fingerprint density at radius 1 is 1.36 bits per heavy atom. The Kier molecular flexibility index (Phi) is 4.40. The van der Waals surface area contributed by atoms with Gasteiger partial charge in [0.1, 0.15) is 0 Å². The average Bonchev–Trinajstić information content (AvgIpc) is 2.19. The van der Waals surface area contributed by atoms with Gasteiger partial charge in [-0.25, -0.2) is 0 Å². The maximum atomic E-state index is 5.16. The summed E-state index contributed by atoms with van der Waals surface area (Å²) in [7, 11) is 0. The third-order valence-corrected chi connectivity index (χ3v) is 2.24. The zero-order chi connectivity index (χ0) is 10.4. The van der Waals surface area contributed by atoms with E-state index in [0.717, 1.165) is 12.1 Å². The number of para-hydroxylation sites is 1. The van der Waals surface area contributed by atoms with Crippen LogP contribution >= 0.6 is 12.2 Å². The van der Waals surface area contributed by atoms with E-state index >= 15 is 0 Å². The van der Waals surface area contributed by atoms with Crippen LogP contribution in [0.25, 0.3) is 0 Å². The lowest BCUT2D eigenvalue weighted by Crippen LogP contribution is -2.35. The molecule has 0 bridgehead atoms. The number of anilines is 1. The summed E-state index contributed by atoms with van der Waals surface area (Å²) in [6, 6.07) is 10.3. The van der Waals surface area contributed by atoms with Gasteiger partial charge < -0.3 is 10.6 Å². The van der Waals surface area contributed by atoms with Crippen LogP contribution < -0.4 is 10.6 Å². The van der Waals surface area contributed by atoms with E-state index in [1.54, 1.807) is 0 Å². The highest BCUT2D eigenvalue weighted by Crippen LogP contribution is 2.04. The quantitative estimate of drug-likeness (QED) is 0.747. The Balaban J connectivity index is 2.42. The van der Waals surface area contributed by atoms with E-state index in [-0.39, 0.29) is 0 Å². The largest absolute Gasteiger partial charge is 0.360 e. The van der Waals surface area contributed by atoms with Gasteiger partial charge in [0.2, 0.25) is 0 Å². The second-order valence-corrected chi connectivity index (χ2v) is 3.68. The molecule has 3 heteroatoms. The molecule has 0 radical (unpaired) electrons. The van der Waals surface area contributed by atoms with Crippen molar-refractivity contribution in [3.63, 3.8) is 0 Å². The molecule has 0 aliphatic heterocycles. The molecule has 0 spiro atoms. The Morgan fingerprint density at radius 3 is 2.57 bits per heavy atom. The highest BCUT2D eigenvalue weighted by Gasteiger charge is 2.00. The topological polar surface area (TPSA) is 24.1 Å². The minimum absolute atomic E-state index is 0.415. The third-order valence-electron chi connectivity index (χ3n) is 2.02. The predicted octanol–water partition coefficient (Wildman–Crippen LogP) is 2.77. The molecule has 0 amide bonds. The van der Waals surface area contributed by atoms with Crippen LogP contribution in [0.1, 0.15) is 20.3 Å². The lowest BCUT2D eigenvalue weighted by molar-refractivity contribution is 0.646. The minimum Gasteiger partial charge on any atom is -0.360 e. The van der Waals surface area contributed by atoms with Crippen LogP contribution in [-0.4, -0.2) is 11.2 Å². The molecule has 2 nitrogen and oxygen atoms in total. The molecule has 0 saturated carbocycles. The Hall–Kier alpha value is -1.09. The molecule has 1 aromatic rings. The van der Waals surface area contributed by atoms with Gasteiger partial charge in [-0.05, 0) is 37.7 Å². The van der Waals surface area contributed by atoms with Crippen LogP contribution in [0.2, 0.25) is 0 Å². The van der Waals surface area contributed by atoms with Gasteiger partial charge in [0.25, 0.3) is 0 Å². The molecular formula is C11H16N2S. The molecule has 0 unspecified atom stereocenters. The number of nitrogens with one attached hydrogen (secondary N) is 2. The fraction of sp³-hybridized carbons (Fsp3) is 0.364. The molecule has 0 aliphatic carbocycles. The maximum absolute atomic E-state index is 5.16. The zero-order valence-corrected chi connectivity index (χ0v) is 9.40. The van der Waals surface area contributed by atoms with Gasteiger partial charge >= 0.3 is 0 Å². The Bertz CT molecular complexity index is 285. The van der Waals surface area contributed by atoms with Gasteiger partial charge in [-0.3, -0.25) is 0 Å². The minimum atomic E-state index is 0.415. The van der Waals surface area contributed by atoms with Crippen LogP contribution in [0, 0.1) is 0 Å². The Morgan fingerprint density at radius 2 is 2.00 bits per heavy atom.